The third kappa shape index (κ3) is 2.37. The topological polar surface area (TPSA) is 40.6 Å². The largest absolute Gasteiger partial charge is 0.306 e. The number of fused-ring (bicyclic) bond motifs is 1. The molecule has 0 saturated heterocycles. The Bertz CT molecular complexity index is 940. The van der Waals surface area contributed by atoms with Gasteiger partial charge in [0.05, 0.1) is 36.1 Å². The standard InChI is InChI=1S/C18H15BrN2O2S2/c1-3-20-15(10-6-5-9-24-10)13-14(18(20)23)16(21(4-2)17(13)22)11-7-8-12(19)25-11/h5-9H,3-4H2,1-2H3. The second-order valence-electron chi connectivity index (χ2n) is 5.63. The molecule has 2 aromatic rings. The van der Waals surface area contributed by atoms with Crippen molar-refractivity contribution in [1.29, 1.82) is 0 Å². The maximum absolute atomic E-state index is 13.2. The number of rotatable bonds is 4. The second-order valence-corrected chi connectivity index (χ2v) is 9.04. The molecular weight excluding hydrogens is 420 g/mol. The molecule has 128 valence electrons. The SMILES string of the molecule is CCN1C(=O)C2=C(c3ccc(Br)s3)N(CC)C(=O)C2=C1c1cccs1. The summed E-state index contributed by atoms with van der Waals surface area (Å²) in [5.74, 6) is -0.158. The zero-order valence-corrected chi connectivity index (χ0v) is 16.9. The highest BCUT2D eigenvalue weighted by atomic mass is 79.9. The van der Waals surface area contributed by atoms with E-state index in [0.717, 1.165) is 24.9 Å². The van der Waals surface area contributed by atoms with E-state index < -0.39 is 0 Å². The van der Waals surface area contributed by atoms with Crippen LogP contribution in [-0.2, 0) is 9.59 Å². The number of hydrogen-bond acceptors (Lipinski definition) is 4. The molecule has 0 aromatic carbocycles. The number of hydrogen-bond donors (Lipinski definition) is 0. The molecule has 7 heteroatoms. The van der Waals surface area contributed by atoms with Gasteiger partial charge in [-0.15, -0.1) is 22.7 Å². The molecular formula is C18H15BrN2O2S2. The summed E-state index contributed by atoms with van der Waals surface area (Å²) < 4.78 is 0.979. The van der Waals surface area contributed by atoms with Crippen molar-refractivity contribution in [3.05, 3.63) is 54.3 Å². The van der Waals surface area contributed by atoms with Gasteiger partial charge >= 0.3 is 0 Å². The fourth-order valence-corrected chi connectivity index (χ4v) is 5.60. The van der Waals surface area contributed by atoms with E-state index in [1.54, 1.807) is 21.1 Å². The van der Waals surface area contributed by atoms with E-state index in [0.29, 0.717) is 24.2 Å². The smallest absolute Gasteiger partial charge is 0.261 e. The summed E-state index contributed by atoms with van der Waals surface area (Å²) in [6.07, 6.45) is 0. The van der Waals surface area contributed by atoms with Crippen molar-refractivity contribution < 1.29 is 9.59 Å². The van der Waals surface area contributed by atoms with Crippen LogP contribution >= 0.6 is 38.6 Å². The molecule has 0 saturated carbocycles. The van der Waals surface area contributed by atoms with E-state index in [1.807, 2.05) is 43.5 Å². The first-order valence-corrected chi connectivity index (χ1v) is 10.5. The molecule has 4 rings (SSSR count). The molecule has 0 radical (unpaired) electrons. The summed E-state index contributed by atoms with van der Waals surface area (Å²) in [6, 6.07) is 7.82. The Kier molecular flexibility index (Phi) is 4.17. The van der Waals surface area contributed by atoms with Crippen LogP contribution in [0.15, 0.2) is 44.6 Å². The van der Waals surface area contributed by atoms with Crippen LogP contribution < -0.4 is 0 Å². The van der Waals surface area contributed by atoms with Crippen LogP contribution in [0.5, 0.6) is 0 Å². The number of likely N-dealkylation sites (N-methyl/N-ethyl adjacent to an activating group) is 2. The third-order valence-corrected chi connectivity index (χ3v) is 6.88. The minimum atomic E-state index is -0.0790. The summed E-state index contributed by atoms with van der Waals surface area (Å²) in [6.45, 7) is 4.96. The van der Waals surface area contributed by atoms with Crippen molar-refractivity contribution in [2.24, 2.45) is 0 Å². The van der Waals surface area contributed by atoms with Crippen molar-refractivity contribution in [3.8, 4) is 0 Å². The molecule has 0 atom stereocenters. The fourth-order valence-electron chi connectivity index (χ4n) is 3.37. The molecule has 2 aromatic heterocycles. The first kappa shape index (κ1) is 16.8. The average molecular weight is 435 g/mol. The molecule has 0 fully saturated rings. The highest BCUT2D eigenvalue weighted by molar-refractivity contribution is 9.11. The van der Waals surface area contributed by atoms with Crippen molar-refractivity contribution in [1.82, 2.24) is 9.80 Å². The maximum Gasteiger partial charge on any atom is 0.261 e. The van der Waals surface area contributed by atoms with Gasteiger partial charge in [0.1, 0.15) is 0 Å². The first-order valence-electron chi connectivity index (χ1n) is 8.00. The Morgan fingerprint density at radius 2 is 1.52 bits per heavy atom. The van der Waals surface area contributed by atoms with Gasteiger partial charge in [-0.1, -0.05) is 6.07 Å². The zero-order valence-electron chi connectivity index (χ0n) is 13.7. The number of nitrogens with zero attached hydrogens (tertiary/aromatic N) is 2. The van der Waals surface area contributed by atoms with Crippen LogP contribution in [0.4, 0.5) is 0 Å². The van der Waals surface area contributed by atoms with Gasteiger partial charge in [0.25, 0.3) is 11.8 Å². The predicted octanol–water partition coefficient (Wildman–Crippen LogP) is 4.42. The number of halogens is 1. The maximum atomic E-state index is 13.2. The van der Waals surface area contributed by atoms with Crippen molar-refractivity contribution in [2.45, 2.75) is 13.8 Å². The van der Waals surface area contributed by atoms with Gasteiger partial charge in [-0.05, 0) is 53.4 Å². The lowest BCUT2D eigenvalue weighted by Crippen LogP contribution is -2.29. The van der Waals surface area contributed by atoms with Crippen LogP contribution in [-0.4, -0.2) is 34.7 Å². The Hall–Kier alpha value is -1.70. The summed E-state index contributed by atoms with van der Waals surface area (Å²) in [4.78, 5) is 31.7. The number of carbonyl (C=O) groups excluding carboxylic acids is 2. The Balaban J connectivity index is 2.02. The minimum Gasteiger partial charge on any atom is -0.306 e. The number of amides is 2. The first-order chi connectivity index (χ1) is 12.1. The molecule has 0 spiro atoms. The molecule has 4 nitrogen and oxygen atoms in total. The van der Waals surface area contributed by atoms with Crippen molar-refractivity contribution >= 4 is 61.8 Å². The molecule has 25 heavy (non-hydrogen) atoms. The minimum absolute atomic E-state index is 0.0790. The predicted molar refractivity (Wildman–Crippen MR) is 105 cm³/mol. The van der Waals surface area contributed by atoms with Gasteiger partial charge < -0.3 is 9.80 Å². The highest BCUT2D eigenvalue weighted by Gasteiger charge is 2.48. The van der Waals surface area contributed by atoms with Crippen LogP contribution in [0.1, 0.15) is 23.6 Å². The summed E-state index contributed by atoms with van der Waals surface area (Å²) in [5.41, 5.74) is 2.60. The Morgan fingerprint density at radius 3 is 1.96 bits per heavy atom. The van der Waals surface area contributed by atoms with Gasteiger partial charge in [-0.2, -0.15) is 0 Å². The van der Waals surface area contributed by atoms with Crippen LogP contribution in [0, 0.1) is 0 Å². The van der Waals surface area contributed by atoms with E-state index in [1.165, 1.54) is 11.3 Å². The highest BCUT2D eigenvalue weighted by Crippen LogP contribution is 2.48. The average Bonchev–Trinajstić information content (AvgIpc) is 3.34. The van der Waals surface area contributed by atoms with Crippen molar-refractivity contribution in [3.63, 3.8) is 0 Å². The molecule has 4 heterocycles. The van der Waals surface area contributed by atoms with Gasteiger partial charge in [0, 0.05) is 13.1 Å². The number of thiophene rings is 2. The number of carbonyl (C=O) groups is 2. The van der Waals surface area contributed by atoms with Crippen LogP contribution in [0.25, 0.3) is 11.4 Å². The molecule has 2 aliphatic heterocycles. The lowest BCUT2D eigenvalue weighted by molar-refractivity contribution is -0.124. The lowest BCUT2D eigenvalue weighted by atomic mass is 10.1. The summed E-state index contributed by atoms with van der Waals surface area (Å²) in [5, 5.41) is 1.97. The second kappa shape index (κ2) is 6.23. The van der Waals surface area contributed by atoms with Gasteiger partial charge in [0.2, 0.25) is 0 Å². The fraction of sp³-hybridized carbons (Fsp3) is 0.222. The van der Waals surface area contributed by atoms with Gasteiger partial charge in [-0.3, -0.25) is 9.59 Å². The molecule has 2 aliphatic rings. The molecule has 0 N–H and O–H groups in total. The Labute approximate surface area is 162 Å². The van der Waals surface area contributed by atoms with E-state index in [4.69, 9.17) is 0 Å². The van der Waals surface area contributed by atoms with E-state index in [-0.39, 0.29) is 11.8 Å². The zero-order chi connectivity index (χ0) is 17.7. The molecule has 0 bridgehead atoms. The summed E-state index contributed by atoms with van der Waals surface area (Å²) in [7, 11) is 0. The van der Waals surface area contributed by atoms with E-state index in [9.17, 15) is 9.59 Å². The molecule has 0 aliphatic carbocycles. The molecule has 2 amide bonds. The monoisotopic (exact) mass is 434 g/mol. The van der Waals surface area contributed by atoms with E-state index >= 15 is 0 Å². The quantitative estimate of drug-likeness (QED) is 0.714. The molecule has 0 unspecified atom stereocenters. The normalized spacial score (nSPS) is 17.4. The van der Waals surface area contributed by atoms with Crippen LogP contribution in [0.2, 0.25) is 0 Å². The Morgan fingerprint density at radius 1 is 0.920 bits per heavy atom. The van der Waals surface area contributed by atoms with Crippen molar-refractivity contribution in [2.75, 3.05) is 13.1 Å². The van der Waals surface area contributed by atoms with Gasteiger partial charge in [0.15, 0.2) is 0 Å². The van der Waals surface area contributed by atoms with E-state index in [2.05, 4.69) is 15.9 Å². The van der Waals surface area contributed by atoms with Gasteiger partial charge in [-0.25, -0.2) is 0 Å². The lowest BCUT2D eigenvalue weighted by Gasteiger charge is -2.22. The third-order valence-electron chi connectivity index (χ3n) is 4.38. The van der Waals surface area contributed by atoms with Crippen LogP contribution in [0.3, 0.4) is 0 Å². The summed E-state index contributed by atoms with van der Waals surface area (Å²) >= 11 is 6.57.